The maximum Gasteiger partial charge on any atom is 0.344 e. The summed E-state index contributed by atoms with van der Waals surface area (Å²) in [5, 5.41) is 13.7. The van der Waals surface area contributed by atoms with Gasteiger partial charge >= 0.3 is 6.03 Å². The Morgan fingerprint density at radius 2 is 1.39 bits per heavy atom. The molecule has 2 heterocycles. The van der Waals surface area contributed by atoms with Crippen LogP contribution in [-0.2, 0) is 15.1 Å². The average molecular weight is 486 g/mol. The van der Waals surface area contributed by atoms with Crippen molar-refractivity contribution in [1.29, 1.82) is 0 Å². The lowest BCUT2D eigenvalue weighted by Crippen LogP contribution is -2.54. The molecule has 0 saturated carbocycles. The predicted octanol–water partition coefficient (Wildman–Crippen LogP) is 2.04. The lowest BCUT2D eigenvalue weighted by atomic mass is 9.83. The molecule has 3 aromatic rings. The molecule has 0 aromatic heterocycles. The molecule has 0 bridgehead atoms. The van der Waals surface area contributed by atoms with Gasteiger partial charge in [0.05, 0.1) is 12.2 Å². The lowest BCUT2D eigenvalue weighted by molar-refractivity contribution is -0.138. The molecule has 184 valence electrons. The number of carbonyl (C=O) groups excluding carboxylic acids is 3. The summed E-state index contributed by atoms with van der Waals surface area (Å²) in [5.41, 5.74) is 3.04. The zero-order valence-electron chi connectivity index (χ0n) is 19.6. The topological polar surface area (TPSA) is 105 Å². The first-order chi connectivity index (χ1) is 17.5. The lowest BCUT2D eigenvalue weighted by Gasteiger charge is -2.36. The van der Waals surface area contributed by atoms with Crippen LogP contribution in [0.25, 0.3) is 0 Å². The Hall–Kier alpha value is -4.37. The highest BCUT2D eigenvalue weighted by molar-refractivity contribution is 6.10. The SMILES string of the molecule is O=C(CN1CCN(c2ccccc2O)CC1)NN1C(=O)NC(c2ccccc2)(c2ccccc2)C1=O. The third kappa shape index (κ3) is 4.25. The Kier molecular flexibility index (Phi) is 6.30. The van der Waals surface area contributed by atoms with Gasteiger partial charge in [-0.25, -0.2) is 4.79 Å². The van der Waals surface area contributed by atoms with E-state index in [4.69, 9.17) is 0 Å². The Morgan fingerprint density at radius 1 is 0.833 bits per heavy atom. The third-order valence-electron chi connectivity index (χ3n) is 6.63. The second-order valence-corrected chi connectivity index (χ2v) is 8.84. The van der Waals surface area contributed by atoms with Gasteiger partial charge in [-0.1, -0.05) is 72.8 Å². The number of nitrogens with zero attached hydrogens (tertiary/aromatic N) is 3. The summed E-state index contributed by atoms with van der Waals surface area (Å²) in [6.45, 7) is 2.51. The van der Waals surface area contributed by atoms with Crippen LogP contribution in [0.15, 0.2) is 84.9 Å². The first kappa shape index (κ1) is 23.4. The average Bonchev–Trinajstić information content (AvgIpc) is 3.16. The van der Waals surface area contributed by atoms with Crippen LogP contribution in [-0.4, -0.2) is 65.6 Å². The molecule has 0 aliphatic carbocycles. The highest BCUT2D eigenvalue weighted by Crippen LogP contribution is 2.35. The van der Waals surface area contributed by atoms with Crippen LogP contribution in [0.5, 0.6) is 5.75 Å². The molecule has 5 rings (SSSR count). The van der Waals surface area contributed by atoms with Crippen molar-refractivity contribution in [1.82, 2.24) is 20.7 Å². The fourth-order valence-corrected chi connectivity index (χ4v) is 4.81. The number of amides is 4. The third-order valence-corrected chi connectivity index (χ3v) is 6.63. The number of hydrogen-bond donors (Lipinski definition) is 3. The molecule has 2 aliphatic heterocycles. The van der Waals surface area contributed by atoms with Crippen molar-refractivity contribution in [2.75, 3.05) is 37.6 Å². The molecule has 2 saturated heterocycles. The van der Waals surface area contributed by atoms with Crippen molar-refractivity contribution in [2.24, 2.45) is 0 Å². The van der Waals surface area contributed by atoms with Crippen LogP contribution >= 0.6 is 0 Å². The van der Waals surface area contributed by atoms with Gasteiger partial charge in [0.25, 0.3) is 11.8 Å². The second kappa shape index (κ2) is 9.71. The molecule has 4 amide bonds. The number of imide groups is 1. The number of urea groups is 1. The smallest absolute Gasteiger partial charge is 0.344 e. The molecule has 0 unspecified atom stereocenters. The number of carbonyl (C=O) groups is 3. The normalized spacial score (nSPS) is 17.7. The largest absolute Gasteiger partial charge is 0.506 e. The number of phenolic OH excluding ortho intramolecular Hbond substituents is 1. The predicted molar refractivity (Wildman–Crippen MR) is 134 cm³/mol. The number of hydrazine groups is 1. The van der Waals surface area contributed by atoms with Crippen LogP contribution in [0.3, 0.4) is 0 Å². The number of hydrogen-bond acceptors (Lipinski definition) is 6. The van der Waals surface area contributed by atoms with Gasteiger partial charge in [-0.15, -0.1) is 0 Å². The molecular weight excluding hydrogens is 458 g/mol. The molecular formula is C27H27N5O4. The zero-order chi connectivity index (χ0) is 25.1. The molecule has 0 atom stereocenters. The number of benzene rings is 3. The highest BCUT2D eigenvalue weighted by atomic mass is 16.3. The van der Waals surface area contributed by atoms with Crippen molar-refractivity contribution in [3.8, 4) is 5.75 Å². The number of aromatic hydroxyl groups is 1. The van der Waals surface area contributed by atoms with Gasteiger partial charge in [0.1, 0.15) is 5.75 Å². The van der Waals surface area contributed by atoms with E-state index in [0.717, 1.165) is 10.7 Å². The molecule has 9 nitrogen and oxygen atoms in total. The monoisotopic (exact) mass is 485 g/mol. The van der Waals surface area contributed by atoms with Crippen LogP contribution in [0, 0.1) is 0 Å². The first-order valence-corrected chi connectivity index (χ1v) is 11.8. The Labute approximate surface area is 208 Å². The summed E-state index contributed by atoms with van der Waals surface area (Å²) in [5.74, 6) is -0.795. The minimum atomic E-state index is -1.43. The summed E-state index contributed by atoms with van der Waals surface area (Å²) in [7, 11) is 0. The van der Waals surface area contributed by atoms with E-state index in [2.05, 4.69) is 15.6 Å². The zero-order valence-corrected chi connectivity index (χ0v) is 19.6. The number of piperazine rings is 1. The van der Waals surface area contributed by atoms with E-state index >= 15 is 0 Å². The molecule has 2 aliphatic rings. The van der Waals surface area contributed by atoms with Crippen LogP contribution in [0.1, 0.15) is 11.1 Å². The molecule has 0 radical (unpaired) electrons. The molecule has 3 aromatic carbocycles. The molecule has 2 fully saturated rings. The summed E-state index contributed by atoms with van der Waals surface area (Å²) < 4.78 is 0. The van der Waals surface area contributed by atoms with Gasteiger partial charge in [0.2, 0.25) is 0 Å². The molecule has 3 N–H and O–H groups in total. The summed E-state index contributed by atoms with van der Waals surface area (Å²) in [6, 6.07) is 24.5. The van der Waals surface area contributed by atoms with E-state index < -0.39 is 23.4 Å². The van der Waals surface area contributed by atoms with Crippen molar-refractivity contribution in [2.45, 2.75) is 5.54 Å². The standard InChI is InChI=1S/C27H27N5O4/c33-23-14-8-7-13-22(23)31-17-15-30(16-18-31)19-24(34)29-32-25(35)27(28-26(32)36,20-9-3-1-4-10-20)21-11-5-2-6-12-21/h1-14,33H,15-19H2,(H,28,36)(H,29,34). The fourth-order valence-electron chi connectivity index (χ4n) is 4.81. The van der Waals surface area contributed by atoms with E-state index in [1.807, 2.05) is 29.2 Å². The van der Waals surface area contributed by atoms with Crippen molar-refractivity contribution < 1.29 is 19.5 Å². The summed E-state index contributed by atoms with van der Waals surface area (Å²) >= 11 is 0. The minimum Gasteiger partial charge on any atom is -0.506 e. The number of nitrogens with one attached hydrogen (secondary N) is 2. The summed E-state index contributed by atoms with van der Waals surface area (Å²) in [6.07, 6.45) is 0. The maximum atomic E-state index is 13.7. The number of para-hydroxylation sites is 2. The van der Waals surface area contributed by atoms with Gasteiger partial charge in [-0.3, -0.25) is 19.9 Å². The Morgan fingerprint density at radius 3 is 1.97 bits per heavy atom. The number of anilines is 1. The van der Waals surface area contributed by atoms with Crippen molar-refractivity contribution >= 4 is 23.5 Å². The number of phenols is 1. The minimum absolute atomic E-state index is 0.0370. The van der Waals surface area contributed by atoms with Crippen LogP contribution < -0.4 is 15.6 Å². The van der Waals surface area contributed by atoms with Gasteiger partial charge in [0, 0.05) is 26.2 Å². The van der Waals surface area contributed by atoms with E-state index in [9.17, 15) is 19.5 Å². The number of rotatable bonds is 6. The maximum absolute atomic E-state index is 13.7. The fraction of sp³-hybridized carbons (Fsp3) is 0.222. The van der Waals surface area contributed by atoms with Gasteiger partial charge < -0.3 is 15.3 Å². The van der Waals surface area contributed by atoms with E-state index in [-0.39, 0.29) is 12.3 Å². The van der Waals surface area contributed by atoms with Crippen LogP contribution in [0.4, 0.5) is 10.5 Å². The summed E-state index contributed by atoms with van der Waals surface area (Å²) in [4.78, 5) is 43.5. The van der Waals surface area contributed by atoms with Gasteiger partial charge in [-0.05, 0) is 23.3 Å². The van der Waals surface area contributed by atoms with E-state index in [1.54, 1.807) is 60.7 Å². The second-order valence-electron chi connectivity index (χ2n) is 8.84. The molecule has 9 heteroatoms. The Balaban J connectivity index is 1.27. The highest BCUT2D eigenvalue weighted by Gasteiger charge is 2.54. The van der Waals surface area contributed by atoms with Crippen molar-refractivity contribution in [3.63, 3.8) is 0 Å². The quantitative estimate of drug-likeness (QED) is 0.462. The molecule has 36 heavy (non-hydrogen) atoms. The van der Waals surface area contributed by atoms with Crippen molar-refractivity contribution in [3.05, 3.63) is 96.1 Å². The Bertz CT molecular complexity index is 1220. The van der Waals surface area contributed by atoms with Gasteiger partial charge in [-0.2, -0.15) is 5.01 Å². The molecule has 0 spiro atoms. The van der Waals surface area contributed by atoms with E-state index in [0.29, 0.717) is 37.3 Å². The first-order valence-electron chi connectivity index (χ1n) is 11.8. The van der Waals surface area contributed by atoms with Gasteiger partial charge in [0.15, 0.2) is 5.54 Å². The van der Waals surface area contributed by atoms with E-state index in [1.165, 1.54) is 0 Å². The van der Waals surface area contributed by atoms with Crippen LogP contribution in [0.2, 0.25) is 0 Å².